The summed E-state index contributed by atoms with van der Waals surface area (Å²) in [6.07, 6.45) is 0. The Hall–Kier alpha value is -0.830. The zero-order valence-corrected chi connectivity index (χ0v) is 7.97. The molecule has 0 aliphatic heterocycles. The summed E-state index contributed by atoms with van der Waals surface area (Å²) in [5, 5.41) is 3.09. The third-order valence-electron chi connectivity index (χ3n) is 1.45. The van der Waals surface area contributed by atoms with Gasteiger partial charge in [0, 0.05) is 5.69 Å². The Balaban J connectivity index is 2.58. The Morgan fingerprint density at radius 3 is 2.50 bits per heavy atom. The predicted octanol–water partition coefficient (Wildman–Crippen LogP) is 2.38. The molecule has 1 aromatic carbocycles. The van der Waals surface area contributed by atoms with Gasteiger partial charge in [-0.15, -0.1) is 0 Å². The molecule has 1 aromatic rings. The molecule has 0 heterocycles. The van der Waals surface area contributed by atoms with Crippen LogP contribution in [0.2, 0.25) is 0 Å². The first kappa shape index (κ1) is 9.26. The van der Waals surface area contributed by atoms with Gasteiger partial charge < -0.3 is 10.1 Å². The van der Waals surface area contributed by atoms with E-state index in [1.165, 1.54) is 0 Å². The van der Waals surface area contributed by atoms with Crippen molar-refractivity contribution in [3.8, 4) is 5.75 Å². The van der Waals surface area contributed by atoms with Crippen LogP contribution >= 0.6 is 12.6 Å². The van der Waals surface area contributed by atoms with E-state index in [1.54, 1.807) is 0 Å². The summed E-state index contributed by atoms with van der Waals surface area (Å²) in [7, 11) is 0. The Kier molecular flexibility index (Phi) is 3.80. The maximum atomic E-state index is 5.29. The number of hydrogen-bond donors (Lipinski definition) is 2. The average Bonchev–Trinajstić information content (AvgIpc) is 2.09. The van der Waals surface area contributed by atoms with Gasteiger partial charge in [0.1, 0.15) is 5.75 Å². The van der Waals surface area contributed by atoms with Gasteiger partial charge in [-0.25, -0.2) is 0 Å². The Morgan fingerprint density at radius 1 is 1.33 bits per heavy atom. The number of hydrogen-bond acceptors (Lipinski definition) is 3. The highest BCUT2D eigenvalue weighted by molar-refractivity contribution is 7.80. The van der Waals surface area contributed by atoms with Crippen LogP contribution in [-0.4, -0.2) is 12.5 Å². The normalized spacial score (nSPS) is 9.50. The molecular formula is C9H13NOS. The van der Waals surface area contributed by atoms with E-state index < -0.39 is 0 Å². The lowest BCUT2D eigenvalue weighted by Crippen LogP contribution is -1.95. The van der Waals surface area contributed by atoms with Crippen molar-refractivity contribution in [1.29, 1.82) is 0 Å². The largest absolute Gasteiger partial charge is 0.494 e. The minimum absolute atomic E-state index is 0.647. The topological polar surface area (TPSA) is 21.3 Å². The summed E-state index contributed by atoms with van der Waals surface area (Å²) in [6.45, 7) is 2.68. The molecule has 0 amide bonds. The maximum absolute atomic E-state index is 5.29. The van der Waals surface area contributed by atoms with Crippen molar-refractivity contribution in [1.82, 2.24) is 0 Å². The van der Waals surface area contributed by atoms with Gasteiger partial charge in [-0.1, -0.05) is 0 Å². The SMILES string of the molecule is CCOc1ccc(NCS)cc1. The fourth-order valence-electron chi connectivity index (χ4n) is 0.927. The molecule has 0 saturated heterocycles. The van der Waals surface area contributed by atoms with Crippen LogP contribution in [0, 0.1) is 0 Å². The second-order valence-electron chi connectivity index (χ2n) is 2.29. The number of nitrogens with one attached hydrogen (secondary N) is 1. The van der Waals surface area contributed by atoms with Crippen LogP contribution in [0.15, 0.2) is 24.3 Å². The standard InChI is InChI=1S/C9H13NOS/c1-2-11-9-5-3-8(4-6-9)10-7-12/h3-6,10,12H,2,7H2,1H3. The van der Waals surface area contributed by atoms with Crippen LogP contribution in [0.4, 0.5) is 5.69 Å². The molecule has 12 heavy (non-hydrogen) atoms. The molecule has 1 N–H and O–H groups in total. The maximum Gasteiger partial charge on any atom is 0.119 e. The summed E-state index contributed by atoms with van der Waals surface area (Å²) in [5.41, 5.74) is 1.06. The summed E-state index contributed by atoms with van der Waals surface area (Å²) in [5.74, 6) is 1.55. The van der Waals surface area contributed by atoms with Crippen molar-refractivity contribution in [2.75, 3.05) is 17.8 Å². The van der Waals surface area contributed by atoms with E-state index in [4.69, 9.17) is 4.74 Å². The molecule has 0 fully saturated rings. The summed E-state index contributed by atoms with van der Waals surface area (Å²) in [4.78, 5) is 0. The van der Waals surface area contributed by atoms with Gasteiger partial charge in [0.15, 0.2) is 0 Å². The van der Waals surface area contributed by atoms with Gasteiger partial charge in [-0.3, -0.25) is 0 Å². The molecule has 0 aromatic heterocycles. The van der Waals surface area contributed by atoms with Crippen LogP contribution in [0.3, 0.4) is 0 Å². The molecule has 1 rings (SSSR count). The first-order chi connectivity index (χ1) is 5.86. The van der Waals surface area contributed by atoms with E-state index in [9.17, 15) is 0 Å². The zero-order valence-electron chi connectivity index (χ0n) is 7.08. The van der Waals surface area contributed by atoms with Crippen LogP contribution in [0.5, 0.6) is 5.75 Å². The number of thiol groups is 1. The van der Waals surface area contributed by atoms with E-state index in [-0.39, 0.29) is 0 Å². The smallest absolute Gasteiger partial charge is 0.119 e. The lowest BCUT2D eigenvalue weighted by atomic mass is 10.3. The van der Waals surface area contributed by atoms with E-state index in [0.717, 1.165) is 11.4 Å². The minimum atomic E-state index is 0.647. The molecule has 0 aliphatic rings. The monoisotopic (exact) mass is 183 g/mol. The van der Waals surface area contributed by atoms with Crippen molar-refractivity contribution in [3.63, 3.8) is 0 Å². The Bertz CT molecular complexity index is 197. The first-order valence-corrected chi connectivity index (χ1v) is 4.57. The lowest BCUT2D eigenvalue weighted by molar-refractivity contribution is 0.340. The highest BCUT2D eigenvalue weighted by Crippen LogP contribution is 2.15. The van der Waals surface area contributed by atoms with E-state index in [0.29, 0.717) is 12.5 Å². The zero-order chi connectivity index (χ0) is 8.81. The molecule has 0 radical (unpaired) electrons. The van der Waals surface area contributed by atoms with Crippen molar-refractivity contribution < 1.29 is 4.74 Å². The quantitative estimate of drug-likeness (QED) is 0.552. The van der Waals surface area contributed by atoms with Gasteiger partial charge in [0.05, 0.1) is 12.5 Å². The highest BCUT2D eigenvalue weighted by atomic mass is 32.1. The summed E-state index contributed by atoms with van der Waals surface area (Å²) < 4.78 is 5.29. The van der Waals surface area contributed by atoms with Crippen LogP contribution in [0.1, 0.15) is 6.92 Å². The fraction of sp³-hybridized carbons (Fsp3) is 0.333. The number of ether oxygens (including phenoxy) is 1. The van der Waals surface area contributed by atoms with Crippen molar-refractivity contribution in [2.24, 2.45) is 0 Å². The molecule has 0 atom stereocenters. The van der Waals surface area contributed by atoms with Gasteiger partial charge >= 0.3 is 0 Å². The van der Waals surface area contributed by atoms with Crippen LogP contribution in [-0.2, 0) is 0 Å². The van der Waals surface area contributed by atoms with E-state index in [1.807, 2.05) is 31.2 Å². The van der Waals surface area contributed by atoms with Crippen LogP contribution in [0.25, 0.3) is 0 Å². The van der Waals surface area contributed by atoms with Gasteiger partial charge in [-0.05, 0) is 31.2 Å². The minimum Gasteiger partial charge on any atom is -0.494 e. The predicted molar refractivity (Wildman–Crippen MR) is 55.1 cm³/mol. The average molecular weight is 183 g/mol. The summed E-state index contributed by atoms with van der Waals surface area (Å²) in [6, 6.07) is 7.83. The van der Waals surface area contributed by atoms with Crippen LogP contribution < -0.4 is 10.1 Å². The Labute approximate surface area is 78.3 Å². The van der Waals surface area contributed by atoms with E-state index in [2.05, 4.69) is 17.9 Å². The second-order valence-corrected chi connectivity index (χ2v) is 2.61. The third kappa shape index (κ3) is 2.66. The van der Waals surface area contributed by atoms with Crippen molar-refractivity contribution in [2.45, 2.75) is 6.92 Å². The number of rotatable bonds is 4. The Morgan fingerprint density at radius 2 is 2.00 bits per heavy atom. The molecule has 3 heteroatoms. The number of anilines is 1. The van der Waals surface area contributed by atoms with Crippen molar-refractivity contribution in [3.05, 3.63) is 24.3 Å². The molecule has 0 spiro atoms. The van der Waals surface area contributed by atoms with Gasteiger partial charge in [-0.2, -0.15) is 12.6 Å². The molecule has 66 valence electrons. The van der Waals surface area contributed by atoms with Crippen molar-refractivity contribution >= 4 is 18.3 Å². The molecule has 0 aliphatic carbocycles. The highest BCUT2D eigenvalue weighted by Gasteiger charge is 1.91. The third-order valence-corrected chi connectivity index (χ3v) is 1.61. The molecule has 0 unspecified atom stereocenters. The summed E-state index contributed by atoms with van der Waals surface area (Å²) >= 11 is 4.06. The van der Waals surface area contributed by atoms with E-state index >= 15 is 0 Å². The van der Waals surface area contributed by atoms with Gasteiger partial charge in [0.25, 0.3) is 0 Å². The second kappa shape index (κ2) is 4.93. The van der Waals surface area contributed by atoms with Gasteiger partial charge in [0.2, 0.25) is 0 Å². The molecule has 0 saturated carbocycles. The molecule has 0 bridgehead atoms. The number of benzene rings is 1. The molecule has 2 nitrogen and oxygen atoms in total. The first-order valence-electron chi connectivity index (χ1n) is 3.94. The molecular weight excluding hydrogens is 170 g/mol. The lowest BCUT2D eigenvalue weighted by Gasteiger charge is -2.05. The fourth-order valence-corrected chi connectivity index (χ4v) is 1.11.